The van der Waals surface area contributed by atoms with Crippen molar-refractivity contribution in [1.29, 1.82) is 0 Å². The van der Waals surface area contributed by atoms with Crippen LogP contribution in [0.3, 0.4) is 0 Å². The second-order valence-corrected chi connectivity index (χ2v) is 4.72. The molecule has 0 radical (unpaired) electrons. The minimum atomic E-state index is -0.661. The Morgan fingerprint density at radius 2 is 2.00 bits per heavy atom. The summed E-state index contributed by atoms with van der Waals surface area (Å²) in [6, 6.07) is 7.87. The van der Waals surface area contributed by atoms with Crippen LogP contribution in [0.2, 0.25) is 0 Å². The summed E-state index contributed by atoms with van der Waals surface area (Å²) in [5, 5.41) is 10.3. The zero-order valence-electron chi connectivity index (χ0n) is 9.86. The van der Waals surface area contributed by atoms with Crippen LogP contribution in [0.5, 0.6) is 5.75 Å². The van der Waals surface area contributed by atoms with E-state index in [0.29, 0.717) is 0 Å². The van der Waals surface area contributed by atoms with E-state index in [9.17, 15) is 5.11 Å². The van der Waals surface area contributed by atoms with E-state index < -0.39 is 5.60 Å². The first kappa shape index (κ1) is 11.2. The lowest BCUT2D eigenvalue weighted by molar-refractivity contribution is 0.0543. The molecule has 0 bridgehead atoms. The van der Waals surface area contributed by atoms with E-state index in [0.717, 1.165) is 29.7 Å². The van der Waals surface area contributed by atoms with E-state index in [1.807, 2.05) is 31.2 Å². The fraction of sp³-hybridized carbons (Fsp3) is 0.429. The molecule has 2 heteroatoms. The van der Waals surface area contributed by atoms with Crippen molar-refractivity contribution in [1.82, 2.24) is 0 Å². The lowest BCUT2D eigenvalue weighted by Gasteiger charge is -2.26. The third-order valence-corrected chi connectivity index (χ3v) is 3.43. The third-order valence-electron chi connectivity index (χ3n) is 3.43. The molecule has 0 aliphatic heterocycles. The molecule has 86 valence electrons. The number of hydrogen-bond acceptors (Lipinski definition) is 2. The maximum absolute atomic E-state index is 10.3. The van der Waals surface area contributed by atoms with Gasteiger partial charge in [-0.15, -0.1) is 0 Å². The summed E-state index contributed by atoms with van der Waals surface area (Å²) in [6.07, 6.45) is 1.70. The summed E-state index contributed by atoms with van der Waals surface area (Å²) >= 11 is 0. The minimum absolute atomic E-state index is 0.0541. The quantitative estimate of drug-likeness (QED) is 0.773. The molecule has 0 heterocycles. The van der Waals surface area contributed by atoms with E-state index in [2.05, 4.69) is 6.58 Å². The van der Waals surface area contributed by atoms with Crippen LogP contribution in [0.1, 0.15) is 31.2 Å². The standard InChI is InChI=1S/C14H18O2/c1-10-8-9-14(2,15)13(10)11-4-6-12(16-3)7-5-11/h4-7,13,15H,1,8-9H2,2-3H3/t13-,14-/m1/s1. The fourth-order valence-corrected chi connectivity index (χ4v) is 2.53. The first-order valence-electron chi connectivity index (χ1n) is 5.58. The molecule has 16 heavy (non-hydrogen) atoms. The monoisotopic (exact) mass is 218 g/mol. The predicted molar refractivity (Wildman–Crippen MR) is 64.7 cm³/mol. The van der Waals surface area contributed by atoms with E-state index in [4.69, 9.17) is 4.74 Å². The predicted octanol–water partition coefficient (Wildman–Crippen LogP) is 2.88. The summed E-state index contributed by atoms with van der Waals surface area (Å²) < 4.78 is 5.13. The van der Waals surface area contributed by atoms with Crippen molar-refractivity contribution < 1.29 is 9.84 Å². The van der Waals surface area contributed by atoms with Gasteiger partial charge in [0.1, 0.15) is 5.75 Å². The molecule has 0 unspecified atom stereocenters. The van der Waals surface area contributed by atoms with Gasteiger partial charge in [0, 0.05) is 5.92 Å². The molecule has 2 nitrogen and oxygen atoms in total. The normalized spacial score (nSPS) is 29.4. The minimum Gasteiger partial charge on any atom is -0.497 e. The van der Waals surface area contributed by atoms with Crippen LogP contribution >= 0.6 is 0 Å². The summed E-state index contributed by atoms with van der Waals surface area (Å²) in [5.41, 5.74) is 1.58. The molecule has 0 spiro atoms. The third kappa shape index (κ3) is 1.85. The smallest absolute Gasteiger partial charge is 0.118 e. The van der Waals surface area contributed by atoms with E-state index >= 15 is 0 Å². The molecule has 1 fully saturated rings. The second kappa shape index (κ2) is 3.95. The van der Waals surface area contributed by atoms with Gasteiger partial charge in [-0.1, -0.05) is 24.3 Å². The topological polar surface area (TPSA) is 29.5 Å². The van der Waals surface area contributed by atoms with Crippen molar-refractivity contribution in [2.45, 2.75) is 31.3 Å². The van der Waals surface area contributed by atoms with Crippen LogP contribution < -0.4 is 4.74 Å². The molecule has 2 atom stereocenters. The van der Waals surface area contributed by atoms with Crippen molar-refractivity contribution in [3.63, 3.8) is 0 Å². The largest absolute Gasteiger partial charge is 0.497 e. The summed E-state index contributed by atoms with van der Waals surface area (Å²) in [5.74, 6) is 0.894. The average molecular weight is 218 g/mol. The van der Waals surface area contributed by atoms with Gasteiger partial charge in [-0.3, -0.25) is 0 Å². The van der Waals surface area contributed by atoms with Gasteiger partial charge in [0.25, 0.3) is 0 Å². The summed E-state index contributed by atoms with van der Waals surface area (Å²) in [6.45, 7) is 5.95. The number of aliphatic hydroxyl groups is 1. The van der Waals surface area contributed by atoms with Crippen molar-refractivity contribution in [2.75, 3.05) is 7.11 Å². The highest BCUT2D eigenvalue weighted by Gasteiger charge is 2.40. The molecule has 1 N–H and O–H groups in total. The first-order valence-corrected chi connectivity index (χ1v) is 5.58. The zero-order valence-corrected chi connectivity index (χ0v) is 9.86. The number of rotatable bonds is 2. The van der Waals surface area contributed by atoms with Crippen molar-refractivity contribution in [2.24, 2.45) is 0 Å². The number of benzene rings is 1. The molecule has 1 aromatic rings. The van der Waals surface area contributed by atoms with Gasteiger partial charge in [0.15, 0.2) is 0 Å². The Morgan fingerprint density at radius 3 is 2.44 bits per heavy atom. The van der Waals surface area contributed by atoms with Crippen LogP contribution in [0.25, 0.3) is 0 Å². The Bertz CT molecular complexity index is 390. The molecule has 0 aromatic heterocycles. The molecule has 1 aromatic carbocycles. The molecule has 0 amide bonds. The SMILES string of the molecule is C=C1CC[C@@](C)(O)[C@H]1c1ccc(OC)cc1. The van der Waals surface area contributed by atoms with E-state index in [1.54, 1.807) is 7.11 Å². The Balaban J connectivity index is 2.32. The van der Waals surface area contributed by atoms with Gasteiger partial charge >= 0.3 is 0 Å². The molecule has 1 saturated carbocycles. The Labute approximate surface area is 96.6 Å². The number of ether oxygens (including phenoxy) is 1. The van der Waals surface area contributed by atoms with Crippen LogP contribution in [-0.2, 0) is 0 Å². The van der Waals surface area contributed by atoms with Crippen molar-refractivity contribution in [3.8, 4) is 5.75 Å². The molecule has 1 aliphatic rings. The van der Waals surface area contributed by atoms with Crippen LogP contribution in [0, 0.1) is 0 Å². The highest BCUT2D eigenvalue weighted by atomic mass is 16.5. The maximum atomic E-state index is 10.3. The molecule has 0 saturated heterocycles. The van der Waals surface area contributed by atoms with Crippen LogP contribution in [-0.4, -0.2) is 17.8 Å². The lowest BCUT2D eigenvalue weighted by atomic mass is 9.85. The van der Waals surface area contributed by atoms with E-state index in [-0.39, 0.29) is 5.92 Å². The summed E-state index contributed by atoms with van der Waals surface area (Å²) in [4.78, 5) is 0. The Morgan fingerprint density at radius 1 is 1.38 bits per heavy atom. The number of hydrogen-bond donors (Lipinski definition) is 1. The van der Waals surface area contributed by atoms with Gasteiger partial charge in [-0.2, -0.15) is 0 Å². The Kier molecular flexibility index (Phi) is 2.76. The maximum Gasteiger partial charge on any atom is 0.118 e. The van der Waals surface area contributed by atoms with Crippen LogP contribution in [0.4, 0.5) is 0 Å². The van der Waals surface area contributed by atoms with E-state index in [1.165, 1.54) is 0 Å². The molecular formula is C14H18O2. The second-order valence-electron chi connectivity index (χ2n) is 4.72. The summed E-state index contributed by atoms with van der Waals surface area (Å²) in [7, 11) is 1.65. The Hall–Kier alpha value is -1.28. The lowest BCUT2D eigenvalue weighted by Crippen LogP contribution is -2.27. The average Bonchev–Trinajstić information content (AvgIpc) is 2.53. The highest BCUT2D eigenvalue weighted by Crippen LogP contribution is 2.45. The molecule has 2 rings (SSSR count). The first-order chi connectivity index (χ1) is 7.54. The van der Waals surface area contributed by atoms with Gasteiger partial charge in [0.2, 0.25) is 0 Å². The fourth-order valence-electron chi connectivity index (χ4n) is 2.53. The zero-order chi connectivity index (χ0) is 11.8. The van der Waals surface area contributed by atoms with Gasteiger partial charge in [-0.25, -0.2) is 0 Å². The molecule has 1 aliphatic carbocycles. The highest BCUT2D eigenvalue weighted by molar-refractivity contribution is 5.38. The van der Waals surface area contributed by atoms with Gasteiger partial charge in [-0.05, 0) is 37.5 Å². The van der Waals surface area contributed by atoms with Gasteiger partial charge < -0.3 is 9.84 Å². The van der Waals surface area contributed by atoms with Crippen LogP contribution in [0.15, 0.2) is 36.4 Å². The van der Waals surface area contributed by atoms with Crippen molar-refractivity contribution in [3.05, 3.63) is 42.0 Å². The molecular weight excluding hydrogens is 200 g/mol. The number of methoxy groups -OCH3 is 1. The van der Waals surface area contributed by atoms with Gasteiger partial charge in [0.05, 0.1) is 12.7 Å². The van der Waals surface area contributed by atoms with Crippen molar-refractivity contribution >= 4 is 0 Å².